The molecule has 3 heterocycles. The van der Waals surface area contributed by atoms with Gasteiger partial charge in [-0.15, -0.1) is 18.3 Å². The number of aliphatic hydroxyl groups is 1. The molecule has 1 aromatic rings. The standard InChI is InChI=1S/C29H40N2O5S/c1-5-8-12-16-30(15-6-2)27(34)25-29-19(4)17-22(37-29)23(28(35)36-7-3)24(29)26(33)31(25)21(18-32)20-13-10-9-11-14-20/h6,9-11,13-14,19,21-25,32H,2,5,7-8,12,15-18H2,1,3-4H3/t19?,21-,22+,23-,24+,25?,29?/m1/s1. The number of unbranched alkanes of at least 4 members (excludes halogenated alkanes) is 2. The Morgan fingerprint density at radius 2 is 2.03 bits per heavy atom. The van der Waals surface area contributed by atoms with Crippen LogP contribution in [-0.2, 0) is 19.1 Å². The molecular formula is C29H40N2O5S. The first-order valence-electron chi connectivity index (χ1n) is 13.6. The molecule has 4 rings (SSSR count). The van der Waals surface area contributed by atoms with Crippen molar-refractivity contribution in [3.8, 4) is 0 Å². The van der Waals surface area contributed by atoms with Crippen LogP contribution in [0.15, 0.2) is 43.0 Å². The minimum atomic E-state index is -0.784. The van der Waals surface area contributed by atoms with Gasteiger partial charge in [0.05, 0.1) is 35.8 Å². The summed E-state index contributed by atoms with van der Waals surface area (Å²) < 4.78 is 4.69. The molecular weight excluding hydrogens is 488 g/mol. The van der Waals surface area contributed by atoms with Crippen molar-refractivity contribution < 1.29 is 24.2 Å². The third-order valence-electron chi connectivity index (χ3n) is 8.36. The Kier molecular flexibility index (Phi) is 8.69. The Morgan fingerprint density at radius 3 is 2.65 bits per heavy atom. The fourth-order valence-electron chi connectivity index (χ4n) is 6.78. The van der Waals surface area contributed by atoms with Gasteiger partial charge in [0.15, 0.2) is 0 Å². The average molecular weight is 529 g/mol. The summed E-state index contributed by atoms with van der Waals surface area (Å²) in [6.45, 7) is 10.8. The second-order valence-electron chi connectivity index (χ2n) is 10.4. The van der Waals surface area contributed by atoms with Gasteiger partial charge >= 0.3 is 5.97 Å². The van der Waals surface area contributed by atoms with E-state index in [0.717, 1.165) is 31.2 Å². The molecule has 37 heavy (non-hydrogen) atoms. The summed E-state index contributed by atoms with van der Waals surface area (Å²) in [4.78, 5) is 45.4. The summed E-state index contributed by atoms with van der Waals surface area (Å²) in [5.41, 5.74) is 0.772. The molecule has 0 aromatic heterocycles. The van der Waals surface area contributed by atoms with Crippen LogP contribution in [-0.4, -0.2) is 75.0 Å². The van der Waals surface area contributed by atoms with E-state index in [-0.39, 0.29) is 42.2 Å². The number of hydrogen-bond donors (Lipinski definition) is 1. The van der Waals surface area contributed by atoms with E-state index in [9.17, 15) is 19.5 Å². The number of fused-ring (bicyclic) bond motifs is 1. The Labute approximate surface area is 224 Å². The maximum Gasteiger partial charge on any atom is 0.310 e. The van der Waals surface area contributed by atoms with E-state index >= 15 is 0 Å². The van der Waals surface area contributed by atoms with Gasteiger partial charge in [-0.25, -0.2) is 0 Å². The van der Waals surface area contributed by atoms with Crippen LogP contribution < -0.4 is 0 Å². The Hall–Kier alpha value is -2.32. The lowest BCUT2D eigenvalue weighted by Crippen LogP contribution is -2.58. The van der Waals surface area contributed by atoms with Crippen LogP contribution in [0.3, 0.4) is 0 Å². The second kappa shape index (κ2) is 11.6. The third kappa shape index (κ3) is 4.60. The molecule has 2 amide bonds. The van der Waals surface area contributed by atoms with Gasteiger partial charge in [-0.2, -0.15) is 0 Å². The Morgan fingerprint density at radius 1 is 1.30 bits per heavy atom. The first kappa shape index (κ1) is 27.7. The van der Waals surface area contributed by atoms with E-state index in [4.69, 9.17) is 4.74 Å². The maximum atomic E-state index is 14.5. The van der Waals surface area contributed by atoms with Crippen LogP contribution in [0.25, 0.3) is 0 Å². The van der Waals surface area contributed by atoms with Crippen molar-refractivity contribution >= 4 is 29.5 Å². The van der Waals surface area contributed by atoms with E-state index in [2.05, 4.69) is 20.4 Å². The number of amides is 2. The molecule has 3 unspecified atom stereocenters. The number of nitrogens with zero attached hydrogens (tertiary/aromatic N) is 2. The third-order valence-corrected chi connectivity index (χ3v) is 10.4. The minimum Gasteiger partial charge on any atom is -0.466 e. The van der Waals surface area contributed by atoms with E-state index in [1.54, 1.807) is 29.7 Å². The lowest BCUT2D eigenvalue weighted by atomic mass is 9.66. The van der Waals surface area contributed by atoms with Gasteiger partial charge in [-0.1, -0.05) is 63.1 Å². The van der Waals surface area contributed by atoms with Crippen LogP contribution in [0.2, 0.25) is 0 Å². The van der Waals surface area contributed by atoms with Crippen LogP contribution in [0, 0.1) is 17.8 Å². The highest BCUT2D eigenvalue weighted by molar-refractivity contribution is 8.02. The lowest BCUT2D eigenvalue weighted by Gasteiger charge is -2.42. The number of benzene rings is 1. The monoisotopic (exact) mass is 528 g/mol. The number of carbonyl (C=O) groups is 3. The smallest absolute Gasteiger partial charge is 0.310 e. The molecule has 8 heteroatoms. The zero-order chi connectivity index (χ0) is 26.7. The number of thioether (sulfide) groups is 1. The summed E-state index contributed by atoms with van der Waals surface area (Å²) in [6, 6.07) is 7.91. The maximum absolute atomic E-state index is 14.5. The van der Waals surface area contributed by atoms with Crippen molar-refractivity contribution in [2.45, 2.75) is 68.5 Å². The SMILES string of the molecule is C=CCN(CCCCC)C(=O)C1N([C@H](CO)c2ccccc2)C(=O)[C@@H]2[C@H](C(=O)OCC)[C@@H]3CC(C)C12S3. The predicted molar refractivity (Wildman–Crippen MR) is 145 cm³/mol. The van der Waals surface area contributed by atoms with Gasteiger partial charge in [-0.3, -0.25) is 14.4 Å². The molecule has 3 aliphatic rings. The van der Waals surface area contributed by atoms with Crippen molar-refractivity contribution in [2.75, 3.05) is 26.3 Å². The van der Waals surface area contributed by atoms with Crippen molar-refractivity contribution in [1.82, 2.24) is 9.80 Å². The van der Waals surface area contributed by atoms with E-state index < -0.39 is 28.7 Å². The zero-order valence-electron chi connectivity index (χ0n) is 22.2. The van der Waals surface area contributed by atoms with Crippen molar-refractivity contribution in [3.05, 3.63) is 48.6 Å². The van der Waals surface area contributed by atoms with E-state index in [1.807, 2.05) is 35.2 Å². The fourth-order valence-corrected chi connectivity index (χ4v) is 9.17. The van der Waals surface area contributed by atoms with Gasteiger partial charge in [0, 0.05) is 18.3 Å². The molecule has 3 saturated heterocycles. The number of likely N-dealkylation sites (tertiary alicyclic amines) is 1. The van der Waals surface area contributed by atoms with Gasteiger partial charge in [0.1, 0.15) is 6.04 Å². The largest absolute Gasteiger partial charge is 0.466 e. The molecule has 202 valence electrons. The zero-order valence-corrected chi connectivity index (χ0v) is 23.0. The van der Waals surface area contributed by atoms with Crippen molar-refractivity contribution in [1.29, 1.82) is 0 Å². The number of hydrogen-bond acceptors (Lipinski definition) is 6. The normalized spacial score (nSPS) is 30.8. The summed E-state index contributed by atoms with van der Waals surface area (Å²) in [5, 5.41) is 10.5. The lowest BCUT2D eigenvalue weighted by molar-refractivity contribution is -0.154. The molecule has 3 aliphatic heterocycles. The van der Waals surface area contributed by atoms with Gasteiger partial charge in [0.25, 0.3) is 0 Å². The van der Waals surface area contributed by atoms with Crippen molar-refractivity contribution in [3.63, 3.8) is 0 Å². The van der Waals surface area contributed by atoms with E-state index in [0.29, 0.717) is 13.1 Å². The molecule has 0 aliphatic carbocycles. The fraction of sp³-hybridized carbons (Fsp3) is 0.621. The highest BCUT2D eigenvalue weighted by Gasteiger charge is 2.77. The van der Waals surface area contributed by atoms with Crippen molar-refractivity contribution in [2.24, 2.45) is 17.8 Å². The predicted octanol–water partition coefficient (Wildman–Crippen LogP) is 3.83. The van der Waals surface area contributed by atoms with E-state index in [1.165, 1.54) is 0 Å². The van der Waals surface area contributed by atoms with Crippen LogP contribution in [0.4, 0.5) is 0 Å². The molecule has 3 fully saturated rings. The van der Waals surface area contributed by atoms with Gasteiger partial charge < -0.3 is 19.6 Å². The van der Waals surface area contributed by atoms with Crippen LogP contribution in [0.1, 0.15) is 58.1 Å². The van der Waals surface area contributed by atoms with Gasteiger partial charge in [-0.05, 0) is 31.2 Å². The molecule has 0 radical (unpaired) electrons. The Bertz CT molecular complexity index is 1000. The molecule has 1 N–H and O–H groups in total. The highest BCUT2D eigenvalue weighted by Crippen LogP contribution is 2.69. The first-order chi connectivity index (χ1) is 17.9. The second-order valence-corrected chi connectivity index (χ2v) is 12.0. The molecule has 1 spiro atoms. The molecule has 7 nitrogen and oxygen atoms in total. The molecule has 1 aromatic carbocycles. The summed E-state index contributed by atoms with van der Waals surface area (Å²) >= 11 is 1.63. The van der Waals surface area contributed by atoms with Gasteiger partial charge in [0.2, 0.25) is 11.8 Å². The summed E-state index contributed by atoms with van der Waals surface area (Å²) in [7, 11) is 0. The number of ether oxygens (including phenoxy) is 1. The summed E-state index contributed by atoms with van der Waals surface area (Å²) in [6.07, 6.45) is 5.38. The number of rotatable bonds is 12. The van der Waals surface area contributed by atoms with Crippen LogP contribution >= 0.6 is 11.8 Å². The average Bonchev–Trinajstić information content (AvgIpc) is 3.49. The minimum absolute atomic E-state index is 0.0532. The molecule has 2 bridgehead atoms. The molecule has 0 saturated carbocycles. The first-order valence-corrected chi connectivity index (χ1v) is 14.5. The number of esters is 1. The quantitative estimate of drug-likeness (QED) is 0.252. The Balaban J connectivity index is 1.83. The molecule has 7 atom stereocenters. The van der Waals surface area contributed by atoms with Crippen LogP contribution in [0.5, 0.6) is 0 Å². The highest BCUT2D eigenvalue weighted by atomic mass is 32.2. The summed E-state index contributed by atoms with van der Waals surface area (Å²) in [5.74, 6) is -1.89. The number of aliphatic hydroxyl groups excluding tert-OH is 1. The number of carbonyl (C=O) groups excluding carboxylic acids is 3. The topological polar surface area (TPSA) is 87.2 Å².